The lowest BCUT2D eigenvalue weighted by atomic mass is 9.88. The second kappa shape index (κ2) is 11.4. The standard InChI is InChI=1S/C31H41N5O6/c1-17(2)36-24(12-13-32-36)27(37)34-26(25(18-6-7-18)19-8-9-19)28(38)33-21-10-11-22-20(14-21)15-35(16-23(22)29(39)40)30(41)42-31(3,4)5/h10-14,17-19,23,25-26H,6-9,15-16H2,1-5H3,(H,33,38)(H,34,37)(H,39,40)/t23?,26-/m0/s1. The van der Waals surface area contributed by atoms with Gasteiger partial charge in [-0.3, -0.25) is 19.1 Å². The van der Waals surface area contributed by atoms with Gasteiger partial charge in [0.2, 0.25) is 5.91 Å². The molecule has 11 nitrogen and oxygen atoms in total. The van der Waals surface area contributed by atoms with Crippen LogP contribution in [-0.2, 0) is 20.9 Å². The van der Waals surface area contributed by atoms with Gasteiger partial charge in [0.15, 0.2) is 0 Å². The average Bonchev–Trinajstić information content (AvgIpc) is 3.85. The van der Waals surface area contributed by atoms with Crippen molar-refractivity contribution in [1.82, 2.24) is 20.0 Å². The molecule has 1 aromatic carbocycles. The molecule has 0 radical (unpaired) electrons. The Labute approximate surface area is 246 Å². The number of nitrogens with one attached hydrogen (secondary N) is 2. The number of carbonyl (C=O) groups is 4. The molecule has 3 aliphatic rings. The Balaban J connectivity index is 1.39. The number of carbonyl (C=O) groups excluding carboxylic acids is 3. The summed E-state index contributed by atoms with van der Waals surface area (Å²) >= 11 is 0. The molecule has 2 aromatic rings. The molecular formula is C31H41N5O6. The highest BCUT2D eigenvalue weighted by Gasteiger charge is 2.48. The van der Waals surface area contributed by atoms with Crippen molar-refractivity contribution in [2.24, 2.45) is 17.8 Å². The molecular weight excluding hydrogens is 538 g/mol. The zero-order valence-corrected chi connectivity index (χ0v) is 24.9. The summed E-state index contributed by atoms with van der Waals surface area (Å²) in [6.45, 7) is 9.31. The Bertz CT molecular complexity index is 1360. The largest absolute Gasteiger partial charge is 0.481 e. The number of carboxylic acid groups (broad SMARTS) is 1. The number of rotatable bonds is 9. The van der Waals surface area contributed by atoms with Gasteiger partial charge in [-0.2, -0.15) is 5.10 Å². The van der Waals surface area contributed by atoms with Crippen LogP contribution >= 0.6 is 0 Å². The van der Waals surface area contributed by atoms with Crippen LogP contribution < -0.4 is 10.6 Å². The van der Waals surface area contributed by atoms with Crippen molar-refractivity contribution in [1.29, 1.82) is 0 Å². The van der Waals surface area contributed by atoms with E-state index in [9.17, 15) is 24.3 Å². The van der Waals surface area contributed by atoms with Crippen LogP contribution in [0.25, 0.3) is 0 Å². The molecule has 2 fully saturated rings. The van der Waals surface area contributed by atoms with Crippen LogP contribution in [-0.4, -0.2) is 61.9 Å². The van der Waals surface area contributed by atoms with Crippen molar-refractivity contribution in [2.45, 2.75) is 90.4 Å². The van der Waals surface area contributed by atoms with Gasteiger partial charge in [0.25, 0.3) is 5.91 Å². The highest BCUT2D eigenvalue weighted by atomic mass is 16.6. The van der Waals surface area contributed by atoms with Crippen LogP contribution in [0.5, 0.6) is 0 Å². The molecule has 5 rings (SSSR count). The van der Waals surface area contributed by atoms with Gasteiger partial charge in [0.1, 0.15) is 17.3 Å². The summed E-state index contributed by atoms with van der Waals surface area (Å²) in [4.78, 5) is 53.6. The molecule has 0 saturated heterocycles. The lowest BCUT2D eigenvalue weighted by molar-refractivity contribution is -0.139. The minimum atomic E-state index is -1.04. The van der Waals surface area contributed by atoms with Gasteiger partial charge in [-0.1, -0.05) is 6.07 Å². The maximum Gasteiger partial charge on any atom is 0.410 e. The van der Waals surface area contributed by atoms with Crippen molar-refractivity contribution < 1.29 is 29.0 Å². The Hall–Kier alpha value is -3.89. The van der Waals surface area contributed by atoms with Crippen LogP contribution in [0.1, 0.15) is 93.9 Å². The molecule has 1 aliphatic heterocycles. The SMILES string of the molecule is CC(C)n1nccc1C(=O)N[C@H](C(=O)Nc1ccc2c(c1)CN(C(=O)OC(C)(C)C)CC2C(=O)O)C(C1CC1)C1CC1. The number of amides is 3. The first-order chi connectivity index (χ1) is 19.8. The van der Waals surface area contributed by atoms with Gasteiger partial charge in [0.05, 0.1) is 5.92 Å². The smallest absolute Gasteiger partial charge is 0.410 e. The molecule has 2 heterocycles. The van der Waals surface area contributed by atoms with Crippen LogP contribution in [0.2, 0.25) is 0 Å². The molecule has 0 spiro atoms. The van der Waals surface area contributed by atoms with E-state index < -0.39 is 29.6 Å². The summed E-state index contributed by atoms with van der Waals surface area (Å²) in [6.07, 6.45) is 5.17. The quantitative estimate of drug-likeness (QED) is 0.395. The second-order valence-electron chi connectivity index (χ2n) is 13.1. The molecule has 226 valence electrons. The lowest BCUT2D eigenvalue weighted by Crippen LogP contribution is -2.50. The number of benzene rings is 1. The molecule has 3 amide bonds. The number of aliphatic carboxylic acids is 1. The summed E-state index contributed by atoms with van der Waals surface area (Å²) in [7, 11) is 0. The van der Waals surface area contributed by atoms with Crippen LogP contribution in [0, 0.1) is 17.8 Å². The van der Waals surface area contributed by atoms with Gasteiger partial charge in [-0.25, -0.2) is 4.79 Å². The summed E-state index contributed by atoms with van der Waals surface area (Å²) in [5.74, 6) is -1.77. The highest BCUT2D eigenvalue weighted by molar-refractivity contribution is 6.01. The number of fused-ring (bicyclic) bond motifs is 1. The second-order valence-corrected chi connectivity index (χ2v) is 13.1. The number of nitrogens with zero attached hydrogens (tertiary/aromatic N) is 3. The van der Waals surface area contributed by atoms with E-state index in [1.165, 1.54) is 4.90 Å². The molecule has 2 saturated carbocycles. The van der Waals surface area contributed by atoms with E-state index in [1.807, 2.05) is 13.8 Å². The van der Waals surface area contributed by atoms with E-state index in [1.54, 1.807) is 55.9 Å². The minimum Gasteiger partial charge on any atom is -0.481 e. The topological polar surface area (TPSA) is 143 Å². The summed E-state index contributed by atoms with van der Waals surface area (Å²) in [5, 5.41) is 20.2. The zero-order chi connectivity index (χ0) is 30.3. The number of aromatic nitrogens is 2. The van der Waals surface area contributed by atoms with E-state index in [4.69, 9.17) is 4.74 Å². The zero-order valence-electron chi connectivity index (χ0n) is 24.9. The maximum absolute atomic E-state index is 13.9. The fourth-order valence-corrected chi connectivity index (χ4v) is 5.99. The first kappa shape index (κ1) is 29.6. The molecule has 3 N–H and O–H groups in total. The fourth-order valence-electron chi connectivity index (χ4n) is 5.99. The molecule has 42 heavy (non-hydrogen) atoms. The number of carboxylic acids is 1. The summed E-state index contributed by atoms with van der Waals surface area (Å²) in [5.41, 5.74) is 1.38. The number of hydrogen-bond donors (Lipinski definition) is 3. The minimum absolute atomic E-state index is 0.00548. The van der Waals surface area contributed by atoms with Crippen molar-refractivity contribution in [3.05, 3.63) is 47.3 Å². The molecule has 0 bridgehead atoms. The first-order valence-electron chi connectivity index (χ1n) is 14.8. The lowest BCUT2D eigenvalue weighted by Gasteiger charge is -2.34. The Morgan fingerprint density at radius 1 is 1.05 bits per heavy atom. The van der Waals surface area contributed by atoms with Crippen LogP contribution in [0.3, 0.4) is 0 Å². The van der Waals surface area contributed by atoms with E-state index in [0.717, 1.165) is 25.7 Å². The molecule has 1 aromatic heterocycles. The monoisotopic (exact) mass is 579 g/mol. The summed E-state index contributed by atoms with van der Waals surface area (Å²) < 4.78 is 7.14. The molecule has 1 unspecified atom stereocenters. The van der Waals surface area contributed by atoms with Crippen molar-refractivity contribution >= 4 is 29.6 Å². The number of anilines is 1. The predicted molar refractivity (Wildman–Crippen MR) is 155 cm³/mol. The third-order valence-electron chi connectivity index (χ3n) is 8.18. The third-order valence-corrected chi connectivity index (χ3v) is 8.18. The van der Waals surface area contributed by atoms with E-state index in [-0.39, 0.29) is 36.9 Å². The van der Waals surface area contributed by atoms with E-state index in [0.29, 0.717) is 34.3 Å². The summed E-state index contributed by atoms with van der Waals surface area (Å²) in [6, 6.07) is 6.02. The van der Waals surface area contributed by atoms with Crippen LogP contribution in [0.4, 0.5) is 10.5 Å². The van der Waals surface area contributed by atoms with Gasteiger partial charge >= 0.3 is 12.1 Å². The molecule has 11 heteroatoms. The van der Waals surface area contributed by atoms with Gasteiger partial charge in [0, 0.05) is 31.0 Å². The maximum atomic E-state index is 13.9. The van der Waals surface area contributed by atoms with Gasteiger partial charge < -0.3 is 25.4 Å². The number of hydrogen-bond acceptors (Lipinski definition) is 6. The van der Waals surface area contributed by atoms with Gasteiger partial charge in [-0.05, 0) is 107 Å². The fraction of sp³-hybridized carbons (Fsp3) is 0.581. The Morgan fingerprint density at radius 3 is 2.29 bits per heavy atom. The van der Waals surface area contributed by atoms with Gasteiger partial charge in [-0.15, -0.1) is 0 Å². The predicted octanol–water partition coefficient (Wildman–Crippen LogP) is 4.56. The Kier molecular flexibility index (Phi) is 8.04. The van der Waals surface area contributed by atoms with Crippen molar-refractivity contribution in [3.8, 4) is 0 Å². The van der Waals surface area contributed by atoms with E-state index in [2.05, 4.69) is 15.7 Å². The first-order valence-corrected chi connectivity index (χ1v) is 14.8. The number of ether oxygens (including phenoxy) is 1. The molecule has 2 atom stereocenters. The van der Waals surface area contributed by atoms with E-state index >= 15 is 0 Å². The normalized spacial score (nSPS) is 19.3. The third kappa shape index (κ3) is 6.60. The van der Waals surface area contributed by atoms with Crippen LogP contribution in [0.15, 0.2) is 30.5 Å². The van der Waals surface area contributed by atoms with Crippen molar-refractivity contribution in [2.75, 3.05) is 11.9 Å². The average molecular weight is 580 g/mol. The Morgan fingerprint density at radius 2 is 1.71 bits per heavy atom. The molecule has 2 aliphatic carbocycles. The highest BCUT2D eigenvalue weighted by Crippen LogP contribution is 2.51. The van der Waals surface area contributed by atoms with Crippen molar-refractivity contribution in [3.63, 3.8) is 0 Å².